The molecule has 4 rings (SSSR count). The number of aromatic hydroxyl groups is 2. The number of methoxy groups -OCH3 is 1. The lowest BCUT2D eigenvalue weighted by atomic mass is 9.95. The quantitative estimate of drug-likeness (QED) is 0.351. The van der Waals surface area contributed by atoms with Crippen molar-refractivity contribution in [1.82, 2.24) is 0 Å². The second-order valence-electron chi connectivity index (χ2n) is 7.80. The molecule has 6 N–H and O–H groups in total. The maximum Gasteiger partial charge on any atom is 0.229 e. The fourth-order valence-corrected chi connectivity index (χ4v) is 3.88. The second-order valence-corrected chi connectivity index (χ2v) is 7.80. The van der Waals surface area contributed by atoms with E-state index in [0.717, 1.165) is 6.07 Å². The van der Waals surface area contributed by atoms with E-state index in [4.69, 9.17) is 18.9 Å². The fraction of sp³-hybridized carbons (Fsp3) is 0.409. The number of fused-ring (bicyclic) bond motifs is 1. The van der Waals surface area contributed by atoms with E-state index in [0.29, 0.717) is 5.56 Å². The largest absolute Gasteiger partial charge is 0.508 e. The Morgan fingerprint density at radius 3 is 2.48 bits per heavy atom. The summed E-state index contributed by atoms with van der Waals surface area (Å²) in [7, 11) is 1.37. The zero-order chi connectivity index (χ0) is 23.9. The van der Waals surface area contributed by atoms with Crippen molar-refractivity contribution in [1.29, 1.82) is 0 Å². The van der Waals surface area contributed by atoms with Gasteiger partial charge in [0.15, 0.2) is 17.3 Å². The molecule has 11 heteroatoms. The number of benzene rings is 2. The zero-order valence-corrected chi connectivity index (χ0v) is 17.5. The van der Waals surface area contributed by atoms with E-state index in [9.17, 15) is 35.4 Å². The van der Waals surface area contributed by atoms with E-state index in [1.165, 1.54) is 19.2 Å². The van der Waals surface area contributed by atoms with E-state index in [2.05, 4.69) is 0 Å². The average molecular weight is 464 g/mol. The molecule has 178 valence electrons. The highest BCUT2D eigenvalue weighted by Crippen LogP contribution is 2.43. The molecule has 6 atom stereocenters. The van der Waals surface area contributed by atoms with E-state index < -0.39 is 43.4 Å². The van der Waals surface area contributed by atoms with Gasteiger partial charge in [0.05, 0.1) is 20.1 Å². The van der Waals surface area contributed by atoms with Crippen molar-refractivity contribution in [3.8, 4) is 28.7 Å². The van der Waals surface area contributed by atoms with E-state index >= 15 is 0 Å². The summed E-state index contributed by atoms with van der Waals surface area (Å²) < 4.78 is 22.2. The summed E-state index contributed by atoms with van der Waals surface area (Å²) in [6.45, 7) is -0.597. The van der Waals surface area contributed by atoms with Gasteiger partial charge < -0.3 is 49.6 Å². The van der Waals surface area contributed by atoms with Crippen LogP contribution < -0.4 is 14.2 Å². The van der Waals surface area contributed by atoms with Crippen molar-refractivity contribution in [3.63, 3.8) is 0 Å². The van der Waals surface area contributed by atoms with Gasteiger partial charge in [-0.25, -0.2) is 0 Å². The number of ether oxygens (including phenoxy) is 4. The Morgan fingerprint density at radius 2 is 1.79 bits per heavy atom. The van der Waals surface area contributed by atoms with Gasteiger partial charge in [0, 0.05) is 12.1 Å². The van der Waals surface area contributed by atoms with Gasteiger partial charge in [0.25, 0.3) is 0 Å². The summed E-state index contributed by atoms with van der Waals surface area (Å²) in [6, 6.07) is 6.93. The lowest BCUT2D eigenvalue weighted by Gasteiger charge is -2.39. The van der Waals surface area contributed by atoms with Crippen molar-refractivity contribution >= 4 is 5.78 Å². The van der Waals surface area contributed by atoms with Crippen LogP contribution in [0, 0.1) is 0 Å². The molecule has 0 radical (unpaired) electrons. The Bertz CT molecular complexity index is 1040. The SMILES string of the molecule is COc1cc(C2CC(=O)c3c(O)cc(O)cc3O2)ccc1O[C@@H]1O[C@H](CO)[C@H](O)[C@H](O)[C@@H]1O. The van der Waals surface area contributed by atoms with Crippen LogP contribution in [0.3, 0.4) is 0 Å². The third-order valence-electron chi connectivity index (χ3n) is 5.64. The van der Waals surface area contributed by atoms with Crippen molar-refractivity contribution in [2.45, 2.75) is 43.2 Å². The first-order chi connectivity index (χ1) is 15.7. The van der Waals surface area contributed by atoms with Crippen LogP contribution in [-0.4, -0.2) is 80.8 Å². The fourth-order valence-electron chi connectivity index (χ4n) is 3.88. The molecule has 0 saturated carbocycles. The molecule has 2 aromatic carbocycles. The zero-order valence-electron chi connectivity index (χ0n) is 17.5. The van der Waals surface area contributed by atoms with Gasteiger partial charge in [-0.3, -0.25) is 4.79 Å². The Labute approximate surface area is 188 Å². The number of phenolic OH excluding ortho intramolecular Hbond substituents is 2. The number of phenols is 2. The number of carbonyl (C=O) groups excluding carboxylic acids is 1. The molecule has 0 aromatic heterocycles. The molecule has 1 fully saturated rings. The monoisotopic (exact) mass is 464 g/mol. The van der Waals surface area contributed by atoms with E-state index in [1.54, 1.807) is 12.1 Å². The summed E-state index contributed by atoms with van der Waals surface area (Å²) >= 11 is 0. The number of carbonyl (C=O) groups is 1. The standard InChI is InChI=1S/C22H24O11/c1-30-15-4-9(14-7-12(26)18-11(25)5-10(24)6-16(18)31-14)2-3-13(15)32-22-21(29)20(28)19(27)17(8-23)33-22/h2-6,14,17,19-25,27-29H,7-8H2,1H3/t14?,17-,19+,20+,21+,22-/m1/s1. The lowest BCUT2D eigenvalue weighted by Crippen LogP contribution is -2.60. The van der Waals surface area contributed by atoms with Crippen LogP contribution in [0.1, 0.15) is 28.4 Å². The summed E-state index contributed by atoms with van der Waals surface area (Å²) in [5, 5.41) is 59.0. The lowest BCUT2D eigenvalue weighted by molar-refractivity contribution is -0.277. The van der Waals surface area contributed by atoms with Crippen LogP contribution in [0.15, 0.2) is 30.3 Å². The van der Waals surface area contributed by atoms with E-state index in [1.807, 2.05) is 0 Å². The minimum absolute atomic E-state index is 0.00131. The van der Waals surface area contributed by atoms with Crippen molar-refractivity contribution < 1.29 is 54.4 Å². The van der Waals surface area contributed by atoms with Gasteiger partial charge in [-0.05, 0) is 17.7 Å². The molecular weight excluding hydrogens is 440 g/mol. The third-order valence-corrected chi connectivity index (χ3v) is 5.64. The summed E-state index contributed by atoms with van der Waals surface area (Å²) in [5.74, 6) is -0.600. The molecule has 0 spiro atoms. The number of hydrogen-bond acceptors (Lipinski definition) is 11. The first kappa shape index (κ1) is 23.1. The number of aliphatic hydroxyl groups excluding tert-OH is 4. The van der Waals surface area contributed by atoms with Crippen molar-refractivity contribution in [2.75, 3.05) is 13.7 Å². The summed E-state index contributed by atoms with van der Waals surface area (Å²) in [6.07, 6.45) is -8.04. The maximum atomic E-state index is 12.6. The molecule has 1 saturated heterocycles. The Kier molecular flexibility index (Phi) is 6.32. The smallest absolute Gasteiger partial charge is 0.229 e. The molecule has 0 bridgehead atoms. The molecule has 11 nitrogen and oxygen atoms in total. The third kappa shape index (κ3) is 4.28. The minimum atomic E-state index is -1.60. The Morgan fingerprint density at radius 1 is 1.03 bits per heavy atom. The predicted molar refractivity (Wildman–Crippen MR) is 109 cm³/mol. The van der Waals surface area contributed by atoms with Gasteiger partial charge >= 0.3 is 0 Å². The molecule has 1 unspecified atom stereocenters. The molecular formula is C22H24O11. The van der Waals surface area contributed by atoms with Crippen LogP contribution in [-0.2, 0) is 4.74 Å². The molecule has 33 heavy (non-hydrogen) atoms. The Balaban J connectivity index is 1.57. The predicted octanol–water partition coefficient (Wildman–Crippen LogP) is -0.00840. The van der Waals surface area contributed by atoms with Gasteiger partial charge in [0.2, 0.25) is 6.29 Å². The maximum absolute atomic E-state index is 12.6. The van der Waals surface area contributed by atoms with Crippen LogP contribution >= 0.6 is 0 Å². The summed E-state index contributed by atoms with van der Waals surface area (Å²) in [4.78, 5) is 12.6. The highest BCUT2D eigenvalue weighted by Gasteiger charge is 2.45. The number of rotatable bonds is 5. The van der Waals surface area contributed by atoms with Crippen LogP contribution in [0.2, 0.25) is 0 Å². The average Bonchev–Trinajstić information content (AvgIpc) is 2.78. The highest BCUT2D eigenvalue weighted by molar-refractivity contribution is 6.02. The second kappa shape index (κ2) is 9.04. The topological polar surface area (TPSA) is 175 Å². The normalized spacial score (nSPS) is 29.2. The Hall–Kier alpha value is -3.09. The van der Waals surface area contributed by atoms with Crippen LogP contribution in [0.25, 0.3) is 0 Å². The molecule has 2 aromatic rings. The van der Waals surface area contributed by atoms with Crippen LogP contribution in [0.4, 0.5) is 0 Å². The van der Waals surface area contributed by atoms with Crippen LogP contribution in [0.5, 0.6) is 28.7 Å². The van der Waals surface area contributed by atoms with Crippen molar-refractivity contribution in [2.24, 2.45) is 0 Å². The van der Waals surface area contributed by atoms with Gasteiger partial charge in [0.1, 0.15) is 53.3 Å². The first-order valence-electron chi connectivity index (χ1n) is 10.1. The summed E-state index contributed by atoms with van der Waals surface area (Å²) in [5.41, 5.74) is 0.536. The highest BCUT2D eigenvalue weighted by atomic mass is 16.7. The molecule has 0 aliphatic carbocycles. The first-order valence-corrected chi connectivity index (χ1v) is 10.1. The van der Waals surface area contributed by atoms with Crippen molar-refractivity contribution in [3.05, 3.63) is 41.5 Å². The molecule has 2 heterocycles. The number of ketones is 1. The number of aliphatic hydroxyl groups is 4. The van der Waals surface area contributed by atoms with Gasteiger partial charge in [-0.2, -0.15) is 0 Å². The number of hydrogen-bond donors (Lipinski definition) is 6. The van der Waals surface area contributed by atoms with E-state index in [-0.39, 0.29) is 46.5 Å². The van der Waals surface area contributed by atoms with Gasteiger partial charge in [-0.1, -0.05) is 6.07 Å². The minimum Gasteiger partial charge on any atom is -0.508 e. The molecule has 0 amide bonds. The molecule has 2 aliphatic rings. The van der Waals surface area contributed by atoms with Gasteiger partial charge in [-0.15, -0.1) is 0 Å². The molecule has 2 aliphatic heterocycles. The number of Topliss-reactive ketones (excluding diaryl/α,β-unsaturated/α-hetero) is 1.